The highest BCUT2D eigenvalue weighted by Gasteiger charge is 2.56. The third-order valence-electron chi connectivity index (χ3n) is 7.28. The highest BCUT2D eigenvalue weighted by atomic mass is 19.4. The number of halogens is 5. The van der Waals surface area contributed by atoms with Crippen LogP contribution in [0.1, 0.15) is 62.8 Å². The number of ether oxygens (including phenoxy) is 1. The first-order valence-electron chi connectivity index (χ1n) is 11.8. The monoisotopic (exact) mass is 495 g/mol. The van der Waals surface area contributed by atoms with Crippen molar-refractivity contribution in [2.24, 2.45) is 0 Å². The van der Waals surface area contributed by atoms with E-state index in [1.807, 2.05) is 0 Å². The van der Waals surface area contributed by atoms with E-state index in [1.165, 1.54) is 24.3 Å². The van der Waals surface area contributed by atoms with Crippen LogP contribution in [0.25, 0.3) is 0 Å². The summed E-state index contributed by atoms with van der Waals surface area (Å²) in [5.74, 6) is -0.368. The number of amides is 1. The maximum Gasteiger partial charge on any atom is 0.426 e. The van der Waals surface area contributed by atoms with Crippen LogP contribution in [-0.4, -0.2) is 35.4 Å². The van der Waals surface area contributed by atoms with Crippen molar-refractivity contribution < 1.29 is 31.5 Å². The van der Waals surface area contributed by atoms with Crippen molar-refractivity contribution in [3.05, 3.63) is 70.5 Å². The fourth-order valence-corrected chi connectivity index (χ4v) is 5.53. The van der Waals surface area contributed by atoms with Gasteiger partial charge in [0, 0.05) is 18.0 Å². The normalized spacial score (nSPS) is 23.9. The van der Waals surface area contributed by atoms with E-state index in [1.54, 1.807) is 43.9 Å². The van der Waals surface area contributed by atoms with Gasteiger partial charge >= 0.3 is 12.3 Å². The number of aryl methyl sites for hydroxylation is 1. The molecule has 0 spiro atoms. The van der Waals surface area contributed by atoms with Gasteiger partial charge in [-0.2, -0.15) is 13.2 Å². The molecule has 1 amide bonds. The molecule has 4 rings (SSSR count). The summed E-state index contributed by atoms with van der Waals surface area (Å²) < 4.78 is 74.0. The summed E-state index contributed by atoms with van der Waals surface area (Å²) in [6.07, 6.45) is -3.52. The Morgan fingerprint density at radius 3 is 2.31 bits per heavy atom. The maximum absolute atomic E-state index is 14.7. The molecule has 0 aromatic heterocycles. The zero-order valence-electron chi connectivity index (χ0n) is 20.3. The van der Waals surface area contributed by atoms with Crippen LogP contribution >= 0.6 is 0 Å². The molecule has 2 aromatic carbocycles. The maximum atomic E-state index is 14.7. The molecule has 1 heterocycles. The number of hydrogen-bond acceptors (Lipinski definition) is 2. The number of rotatable bonds is 3. The third kappa shape index (κ3) is 4.64. The predicted octanol–water partition coefficient (Wildman–Crippen LogP) is 7.01. The molecular formula is C27H30F5NO2. The van der Waals surface area contributed by atoms with Crippen molar-refractivity contribution in [1.29, 1.82) is 0 Å². The van der Waals surface area contributed by atoms with Crippen LogP contribution in [-0.2, 0) is 28.7 Å². The first-order valence-corrected chi connectivity index (χ1v) is 11.8. The van der Waals surface area contributed by atoms with Gasteiger partial charge in [0.1, 0.15) is 11.4 Å². The number of fused-ring (bicyclic) bond motifs is 3. The van der Waals surface area contributed by atoms with E-state index in [2.05, 4.69) is 0 Å². The van der Waals surface area contributed by atoms with Crippen LogP contribution in [0.4, 0.5) is 26.7 Å². The van der Waals surface area contributed by atoms with E-state index < -0.39 is 34.5 Å². The molecule has 3 atom stereocenters. The molecule has 0 bridgehead atoms. The first kappa shape index (κ1) is 25.5. The van der Waals surface area contributed by atoms with Crippen molar-refractivity contribution in [2.45, 2.75) is 82.3 Å². The Kier molecular flexibility index (Phi) is 6.17. The first-order chi connectivity index (χ1) is 16.1. The molecule has 0 radical (unpaired) electrons. The Balaban J connectivity index is 1.78. The van der Waals surface area contributed by atoms with Gasteiger partial charge in [0.05, 0.1) is 0 Å². The van der Waals surface area contributed by atoms with E-state index in [9.17, 15) is 26.7 Å². The highest BCUT2D eigenvalue weighted by Crippen LogP contribution is 2.51. The van der Waals surface area contributed by atoms with Crippen molar-refractivity contribution in [3.8, 4) is 0 Å². The van der Waals surface area contributed by atoms with Crippen LogP contribution in [0.15, 0.2) is 42.5 Å². The molecule has 1 aliphatic heterocycles. The lowest BCUT2D eigenvalue weighted by Gasteiger charge is -2.44. The number of likely N-dealkylation sites (tertiary alicyclic amines) is 1. The van der Waals surface area contributed by atoms with Crippen LogP contribution < -0.4 is 0 Å². The Hall–Kier alpha value is -2.64. The van der Waals surface area contributed by atoms with Gasteiger partial charge in [-0.15, -0.1) is 0 Å². The molecule has 1 unspecified atom stereocenters. The molecule has 0 saturated carbocycles. The Bertz CT molecular complexity index is 1100. The van der Waals surface area contributed by atoms with E-state index in [4.69, 9.17) is 4.74 Å². The standard InChI is InChI=1S/C27H30F5NO2/c1-24(2,3)35-23(34)33-14-13-26(16-17-5-9-20(28)10-6-17)21-11-8-19(25(4,29)27(30,31)32)15-18(21)7-12-22(26)33/h5-6,8-11,15,22H,7,12-14,16H2,1-4H3/t22-,25?,26-/m1/s1. The molecule has 1 aliphatic carbocycles. The van der Waals surface area contributed by atoms with Gasteiger partial charge in [0.2, 0.25) is 5.67 Å². The molecular weight excluding hydrogens is 465 g/mol. The summed E-state index contributed by atoms with van der Waals surface area (Å²) in [5, 5.41) is 0. The second-order valence-electron chi connectivity index (χ2n) is 10.8. The fraction of sp³-hybridized carbons (Fsp3) is 0.519. The summed E-state index contributed by atoms with van der Waals surface area (Å²) in [6, 6.07) is 9.96. The summed E-state index contributed by atoms with van der Waals surface area (Å²) in [7, 11) is 0. The second-order valence-corrected chi connectivity index (χ2v) is 10.8. The van der Waals surface area contributed by atoms with E-state index >= 15 is 0 Å². The third-order valence-corrected chi connectivity index (χ3v) is 7.28. The van der Waals surface area contributed by atoms with Crippen molar-refractivity contribution in [3.63, 3.8) is 0 Å². The summed E-state index contributed by atoms with van der Waals surface area (Å²) in [4.78, 5) is 14.8. The quantitative estimate of drug-likeness (QED) is 0.429. The average Bonchev–Trinajstić information content (AvgIpc) is 3.12. The SMILES string of the molecule is CC(C)(C)OC(=O)N1CC[C@@]2(Cc3ccc(F)cc3)c3ccc(C(C)(F)C(F)(F)F)cc3CC[C@@H]12. The Morgan fingerprint density at radius 1 is 1.06 bits per heavy atom. The van der Waals surface area contributed by atoms with Gasteiger partial charge in [0.15, 0.2) is 0 Å². The van der Waals surface area contributed by atoms with Crippen molar-refractivity contribution in [2.75, 3.05) is 6.54 Å². The Morgan fingerprint density at radius 2 is 1.71 bits per heavy atom. The van der Waals surface area contributed by atoms with Gasteiger partial charge in [-0.05, 0) is 87.8 Å². The van der Waals surface area contributed by atoms with Crippen molar-refractivity contribution in [1.82, 2.24) is 4.90 Å². The van der Waals surface area contributed by atoms with Gasteiger partial charge < -0.3 is 9.64 Å². The number of benzene rings is 2. The predicted molar refractivity (Wildman–Crippen MR) is 122 cm³/mol. The summed E-state index contributed by atoms with van der Waals surface area (Å²) in [6.45, 7) is 6.33. The summed E-state index contributed by atoms with van der Waals surface area (Å²) >= 11 is 0. The van der Waals surface area contributed by atoms with Gasteiger partial charge in [-0.3, -0.25) is 0 Å². The lowest BCUT2D eigenvalue weighted by molar-refractivity contribution is -0.228. The number of hydrogen-bond donors (Lipinski definition) is 0. The topological polar surface area (TPSA) is 29.5 Å². The molecule has 1 saturated heterocycles. The van der Waals surface area contributed by atoms with Gasteiger partial charge in [-0.1, -0.05) is 30.3 Å². The van der Waals surface area contributed by atoms with Crippen LogP contribution in [0.3, 0.4) is 0 Å². The molecule has 1 fully saturated rings. The van der Waals surface area contributed by atoms with E-state index in [-0.39, 0.29) is 11.9 Å². The molecule has 0 N–H and O–H groups in total. The lowest BCUT2D eigenvalue weighted by atomic mass is 9.63. The van der Waals surface area contributed by atoms with Crippen molar-refractivity contribution >= 4 is 6.09 Å². The fourth-order valence-electron chi connectivity index (χ4n) is 5.53. The van der Waals surface area contributed by atoms with Gasteiger partial charge in [-0.25, -0.2) is 13.6 Å². The number of nitrogens with zero attached hydrogens (tertiary/aromatic N) is 1. The average molecular weight is 496 g/mol. The summed E-state index contributed by atoms with van der Waals surface area (Å²) in [5.41, 5.74) is -2.87. The molecule has 2 aromatic rings. The highest BCUT2D eigenvalue weighted by molar-refractivity contribution is 5.70. The minimum absolute atomic E-state index is 0.250. The minimum Gasteiger partial charge on any atom is -0.444 e. The minimum atomic E-state index is -5.04. The second kappa shape index (κ2) is 8.49. The number of alkyl halides is 4. The van der Waals surface area contributed by atoms with Crippen LogP contribution in [0, 0.1) is 5.82 Å². The molecule has 8 heteroatoms. The van der Waals surface area contributed by atoms with E-state index in [0.29, 0.717) is 44.7 Å². The number of carbonyl (C=O) groups is 1. The zero-order valence-corrected chi connectivity index (χ0v) is 20.3. The van der Waals surface area contributed by atoms with Crippen LogP contribution in [0.2, 0.25) is 0 Å². The smallest absolute Gasteiger partial charge is 0.426 e. The van der Waals surface area contributed by atoms with Crippen LogP contribution in [0.5, 0.6) is 0 Å². The molecule has 2 aliphatic rings. The lowest BCUT2D eigenvalue weighted by Crippen LogP contribution is -2.50. The largest absolute Gasteiger partial charge is 0.444 e. The van der Waals surface area contributed by atoms with E-state index in [0.717, 1.165) is 11.1 Å². The van der Waals surface area contributed by atoms with Gasteiger partial charge in [0.25, 0.3) is 0 Å². The molecule has 190 valence electrons. The number of carbonyl (C=O) groups excluding carboxylic acids is 1. The molecule has 35 heavy (non-hydrogen) atoms. The zero-order chi connectivity index (χ0) is 25.8. The molecule has 3 nitrogen and oxygen atoms in total. The Labute approximate surface area is 202 Å².